The van der Waals surface area contributed by atoms with Crippen LogP contribution in [-0.4, -0.2) is 38.8 Å². The fourth-order valence-electron chi connectivity index (χ4n) is 2.16. The summed E-state index contributed by atoms with van der Waals surface area (Å²) >= 11 is 0. The minimum absolute atomic E-state index is 0.426. The van der Waals surface area contributed by atoms with Crippen LogP contribution in [-0.2, 0) is 4.74 Å². The lowest BCUT2D eigenvalue weighted by molar-refractivity contribution is 0.129. The van der Waals surface area contributed by atoms with Crippen LogP contribution >= 0.6 is 0 Å². The Labute approximate surface area is 124 Å². The Bertz CT molecular complexity index is 285. The first-order chi connectivity index (χ1) is 9.62. The molecule has 0 unspecified atom stereocenters. The van der Waals surface area contributed by atoms with Crippen molar-refractivity contribution >= 4 is 5.96 Å². The van der Waals surface area contributed by atoms with Crippen molar-refractivity contribution in [1.29, 1.82) is 0 Å². The second-order valence-corrected chi connectivity index (χ2v) is 6.25. The molecule has 0 spiro atoms. The molecule has 0 radical (unpaired) electrons. The summed E-state index contributed by atoms with van der Waals surface area (Å²) in [6, 6.07) is 0. The van der Waals surface area contributed by atoms with Crippen LogP contribution in [0.1, 0.15) is 53.4 Å². The average molecular weight is 283 g/mol. The predicted octanol–water partition coefficient (Wildman–Crippen LogP) is 2.79. The van der Waals surface area contributed by atoms with Gasteiger partial charge in [0.1, 0.15) is 0 Å². The molecule has 1 rings (SSSR count). The summed E-state index contributed by atoms with van der Waals surface area (Å²) in [5, 5.41) is 6.76. The first kappa shape index (κ1) is 17.3. The summed E-state index contributed by atoms with van der Waals surface area (Å²) in [7, 11) is 0. The normalized spacial score (nSPS) is 17.4. The van der Waals surface area contributed by atoms with E-state index >= 15 is 0 Å². The Morgan fingerprint density at radius 3 is 2.55 bits per heavy atom. The topological polar surface area (TPSA) is 45.7 Å². The molecule has 4 nitrogen and oxygen atoms in total. The lowest BCUT2D eigenvalue weighted by Crippen LogP contribution is -2.38. The van der Waals surface area contributed by atoms with Crippen LogP contribution in [0.5, 0.6) is 0 Å². The zero-order chi connectivity index (χ0) is 14.8. The molecular weight excluding hydrogens is 250 g/mol. The van der Waals surface area contributed by atoms with Gasteiger partial charge >= 0.3 is 0 Å². The molecule has 0 bridgehead atoms. The maximum Gasteiger partial charge on any atom is 0.191 e. The van der Waals surface area contributed by atoms with E-state index in [0.717, 1.165) is 51.1 Å². The Morgan fingerprint density at radius 1 is 1.25 bits per heavy atom. The SMILES string of the molecule is CCNC(=NCC1(CCOCC)CC1)NCCC(C)C. The molecule has 1 aliphatic carbocycles. The summed E-state index contributed by atoms with van der Waals surface area (Å²) in [4.78, 5) is 4.76. The van der Waals surface area contributed by atoms with Crippen molar-refractivity contribution in [2.75, 3.05) is 32.8 Å². The monoisotopic (exact) mass is 283 g/mol. The van der Waals surface area contributed by atoms with E-state index in [9.17, 15) is 0 Å². The highest BCUT2D eigenvalue weighted by Crippen LogP contribution is 2.48. The lowest BCUT2D eigenvalue weighted by Gasteiger charge is -2.16. The molecule has 0 heterocycles. The second kappa shape index (κ2) is 9.22. The quantitative estimate of drug-likeness (QED) is 0.368. The van der Waals surface area contributed by atoms with E-state index in [0.29, 0.717) is 5.41 Å². The molecule has 1 fully saturated rings. The molecule has 1 saturated carbocycles. The largest absolute Gasteiger partial charge is 0.382 e. The molecule has 0 aromatic heterocycles. The van der Waals surface area contributed by atoms with Gasteiger partial charge in [0, 0.05) is 32.8 Å². The molecule has 1 aliphatic rings. The van der Waals surface area contributed by atoms with Crippen molar-refractivity contribution in [3.8, 4) is 0 Å². The number of guanidine groups is 1. The summed E-state index contributed by atoms with van der Waals surface area (Å²) in [5.41, 5.74) is 0.426. The second-order valence-electron chi connectivity index (χ2n) is 6.25. The zero-order valence-corrected chi connectivity index (χ0v) is 13.8. The fourth-order valence-corrected chi connectivity index (χ4v) is 2.16. The van der Waals surface area contributed by atoms with Gasteiger partial charge in [-0.25, -0.2) is 0 Å². The first-order valence-corrected chi connectivity index (χ1v) is 8.22. The standard InChI is InChI=1S/C16H33N3O/c1-5-17-15(18-11-7-14(3)4)19-13-16(8-9-16)10-12-20-6-2/h14H,5-13H2,1-4H3,(H2,17,18,19). The summed E-state index contributed by atoms with van der Waals surface area (Å²) in [5.74, 6) is 1.70. The van der Waals surface area contributed by atoms with Gasteiger partial charge in [-0.05, 0) is 50.9 Å². The van der Waals surface area contributed by atoms with Gasteiger partial charge in [-0.15, -0.1) is 0 Å². The highest BCUT2D eigenvalue weighted by molar-refractivity contribution is 5.79. The fraction of sp³-hybridized carbons (Fsp3) is 0.938. The molecule has 0 aromatic carbocycles. The van der Waals surface area contributed by atoms with Crippen molar-refractivity contribution in [2.45, 2.75) is 53.4 Å². The van der Waals surface area contributed by atoms with Gasteiger partial charge in [0.15, 0.2) is 5.96 Å². The smallest absolute Gasteiger partial charge is 0.191 e. The number of ether oxygens (including phenoxy) is 1. The van der Waals surface area contributed by atoms with E-state index in [2.05, 4.69) is 38.3 Å². The maximum atomic E-state index is 5.48. The third-order valence-electron chi connectivity index (χ3n) is 3.87. The van der Waals surface area contributed by atoms with Crippen LogP contribution in [0, 0.1) is 11.3 Å². The third-order valence-corrected chi connectivity index (χ3v) is 3.87. The third kappa shape index (κ3) is 7.13. The van der Waals surface area contributed by atoms with E-state index in [1.54, 1.807) is 0 Å². The molecule has 0 saturated heterocycles. The number of rotatable bonds is 10. The van der Waals surface area contributed by atoms with Gasteiger partial charge in [0.05, 0.1) is 0 Å². The Balaban J connectivity index is 2.33. The van der Waals surface area contributed by atoms with Crippen LogP contribution in [0.25, 0.3) is 0 Å². The minimum Gasteiger partial charge on any atom is -0.382 e. The number of nitrogens with zero attached hydrogens (tertiary/aromatic N) is 1. The van der Waals surface area contributed by atoms with Crippen molar-refractivity contribution < 1.29 is 4.74 Å². The molecule has 0 aliphatic heterocycles. The molecule has 4 heteroatoms. The molecule has 0 amide bonds. The number of nitrogens with one attached hydrogen (secondary N) is 2. The average Bonchev–Trinajstić information content (AvgIpc) is 3.16. The van der Waals surface area contributed by atoms with E-state index in [1.165, 1.54) is 19.3 Å². The van der Waals surface area contributed by atoms with Gasteiger partial charge in [0.25, 0.3) is 0 Å². The lowest BCUT2D eigenvalue weighted by atomic mass is 10.0. The van der Waals surface area contributed by atoms with E-state index < -0.39 is 0 Å². The Morgan fingerprint density at radius 2 is 2.00 bits per heavy atom. The van der Waals surface area contributed by atoms with Gasteiger partial charge in [-0.3, -0.25) is 4.99 Å². The van der Waals surface area contributed by atoms with Gasteiger partial charge in [-0.2, -0.15) is 0 Å². The van der Waals surface area contributed by atoms with Crippen LogP contribution < -0.4 is 10.6 Å². The van der Waals surface area contributed by atoms with Crippen molar-refractivity contribution in [2.24, 2.45) is 16.3 Å². The zero-order valence-electron chi connectivity index (χ0n) is 13.8. The molecule has 0 atom stereocenters. The molecule has 2 N–H and O–H groups in total. The van der Waals surface area contributed by atoms with Crippen LogP contribution in [0.4, 0.5) is 0 Å². The maximum absolute atomic E-state index is 5.48. The van der Waals surface area contributed by atoms with Crippen LogP contribution in [0.15, 0.2) is 4.99 Å². The molecule has 20 heavy (non-hydrogen) atoms. The number of aliphatic imine (C=N–C) groups is 1. The van der Waals surface area contributed by atoms with Crippen LogP contribution in [0.2, 0.25) is 0 Å². The molecule has 0 aromatic rings. The number of hydrogen-bond acceptors (Lipinski definition) is 2. The van der Waals surface area contributed by atoms with E-state index in [4.69, 9.17) is 9.73 Å². The molecule has 118 valence electrons. The summed E-state index contributed by atoms with van der Waals surface area (Å²) in [6.07, 6.45) is 4.93. The van der Waals surface area contributed by atoms with Crippen molar-refractivity contribution in [1.82, 2.24) is 10.6 Å². The van der Waals surface area contributed by atoms with Crippen molar-refractivity contribution in [3.05, 3.63) is 0 Å². The van der Waals surface area contributed by atoms with Gasteiger partial charge < -0.3 is 15.4 Å². The van der Waals surface area contributed by atoms with Crippen molar-refractivity contribution in [3.63, 3.8) is 0 Å². The summed E-state index contributed by atoms with van der Waals surface area (Å²) < 4.78 is 5.48. The van der Waals surface area contributed by atoms with E-state index in [-0.39, 0.29) is 0 Å². The Hall–Kier alpha value is -0.770. The molecular formula is C16H33N3O. The highest BCUT2D eigenvalue weighted by Gasteiger charge is 2.41. The van der Waals surface area contributed by atoms with E-state index in [1.807, 2.05) is 0 Å². The minimum atomic E-state index is 0.426. The van der Waals surface area contributed by atoms with Gasteiger partial charge in [0.2, 0.25) is 0 Å². The highest BCUT2D eigenvalue weighted by atomic mass is 16.5. The van der Waals surface area contributed by atoms with Gasteiger partial charge in [-0.1, -0.05) is 13.8 Å². The number of hydrogen-bond donors (Lipinski definition) is 2. The summed E-state index contributed by atoms with van der Waals surface area (Å²) in [6.45, 7) is 13.2. The Kier molecular flexibility index (Phi) is 7.97. The first-order valence-electron chi connectivity index (χ1n) is 8.22. The predicted molar refractivity (Wildman–Crippen MR) is 86.2 cm³/mol. The van der Waals surface area contributed by atoms with Crippen LogP contribution in [0.3, 0.4) is 0 Å².